The fourth-order valence-electron chi connectivity index (χ4n) is 11.3. The standard InChI is InChI=1S/C76H142O6/c1-4-7-10-13-16-19-22-24-26-28-30-31-32-33-34-35-36-37-38-39-40-41-42-43-44-45-46-48-49-51-54-57-60-63-66-69-75(78)81-72-73(71-80-74(77)68-65-62-59-56-53-21-18-15-12-9-6-3)82-76(79)70-67-64-61-58-55-52-50-47-29-27-25-23-20-17-14-11-8-5-2/h15,18,22,24,28,30,73H,4-14,16-17,19-21,23,25-27,29,31-72H2,1-3H3/b18-15-,24-22-,30-28-. The van der Waals surface area contributed by atoms with E-state index in [1.54, 1.807) is 0 Å². The maximum atomic E-state index is 12.9. The molecule has 6 heteroatoms. The third-order valence-corrected chi connectivity index (χ3v) is 16.9. The lowest BCUT2D eigenvalue weighted by atomic mass is 10.0. The highest BCUT2D eigenvalue weighted by Crippen LogP contribution is 2.19. The van der Waals surface area contributed by atoms with Gasteiger partial charge in [0.25, 0.3) is 0 Å². The molecule has 0 radical (unpaired) electrons. The zero-order valence-corrected chi connectivity index (χ0v) is 55.5. The fourth-order valence-corrected chi connectivity index (χ4v) is 11.3. The van der Waals surface area contributed by atoms with Crippen LogP contribution in [0.1, 0.15) is 412 Å². The summed E-state index contributed by atoms with van der Waals surface area (Å²) in [5.74, 6) is -0.848. The number of allylic oxidation sites excluding steroid dienone is 6. The second kappa shape index (κ2) is 71.1. The topological polar surface area (TPSA) is 78.9 Å². The first-order valence-electron chi connectivity index (χ1n) is 37.0. The summed E-state index contributed by atoms with van der Waals surface area (Å²) in [4.78, 5) is 38.3. The van der Waals surface area contributed by atoms with Crippen LogP contribution in [0.25, 0.3) is 0 Å². The highest BCUT2D eigenvalue weighted by Gasteiger charge is 2.19. The molecule has 0 aliphatic carbocycles. The molecular weight excluding hydrogens is 1010 g/mol. The summed E-state index contributed by atoms with van der Waals surface area (Å²) in [7, 11) is 0. The molecule has 0 aromatic carbocycles. The maximum Gasteiger partial charge on any atom is 0.306 e. The van der Waals surface area contributed by atoms with Crippen LogP contribution in [-0.2, 0) is 28.6 Å². The molecular formula is C76H142O6. The molecule has 6 nitrogen and oxygen atoms in total. The number of rotatable bonds is 69. The molecule has 0 heterocycles. The summed E-state index contributed by atoms with van der Waals surface area (Å²) >= 11 is 0. The van der Waals surface area contributed by atoms with Crippen molar-refractivity contribution < 1.29 is 28.6 Å². The number of hydrogen-bond donors (Lipinski definition) is 0. The molecule has 482 valence electrons. The minimum atomic E-state index is -0.771. The minimum Gasteiger partial charge on any atom is -0.462 e. The molecule has 0 aliphatic heterocycles. The average Bonchev–Trinajstić information content (AvgIpc) is 3.47. The summed E-state index contributed by atoms with van der Waals surface area (Å²) in [5.41, 5.74) is 0. The van der Waals surface area contributed by atoms with E-state index in [0.29, 0.717) is 19.3 Å². The van der Waals surface area contributed by atoms with Crippen LogP contribution in [0.3, 0.4) is 0 Å². The maximum absolute atomic E-state index is 12.9. The van der Waals surface area contributed by atoms with Gasteiger partial charge in [-0.15, -0.1) is 0 Å². The van der Waals surface area contributed by atoms with Crippen molar-refractivity contribution in [2.24, 2.45) is 0 Å². The molecule has 0 saturated heterocycles. The Morgan fingerprint density at radius 2 is 0.451 bits per heavy atom. The van der Waals surface area contributed by atoms with Crippen molar-refractivity contribution in [3.63, 3.8) is 0 Å². The Balaban J connectivity index is 4.03. The smallest absolute Gasteiger partial charge is 0.306 e. The summed E-state index contributed by atoms with van der Waals surface area (Å²) < 4.78 is 17.0. The van der Waals surface area contributed by atoms with Gasteiger partial charge in [0.2, 0.25) is 0 Å². The quantitative estimate of drug-likeness (QED) is 0.0261. The minimum absolute atomic E-state index is 0.0680. The lowest BCUT2D eigenvalue weighted by molar-refractivity contribution is -0.167. The molecule has 0 spiro atoms. The first kappa shape index (κ1) is 79.6. The zero-order chi connectivity index (χ0) is 59.2. The van der Waals surface area contributed by atoms with Gasteiger partial charge in [-0.3, -0.25) is 14.4 Å². The van der Waals surface area contributed by atoms with E-state index in [1.165, 1.54) is 302 Å². The average molecular weight is 1150 g/mol. The van der Waals surface area contributed by atoms with Crippen LogP contribution >= 0.6 is 0 Å². The normalized spacial score (nSPS) is 12.2. The fraction of sp³-hybridized carbons (Fsp3) is 0.882. The molecule has 1 atom stereocenters. The highest BCUT2D eigenvalue weighted by atomic mass is 16.6. The van der Waals surface area contributed by atoms with Crippen LogP contribution in [0, 0.1) is 0 Å². The summed E-state index contributed by atoms with van der Waals surface area (Å²) in [6.07, 6.45) is 89.2. The lowest BCUT2D eigenvalue weighted by Gasteiger charge is -2.18. The molecule has 0 fully saturated rings. The zero-order valence-electron chi connectivity index (χ0n) is 55.5. The summed E-state index contributed by atoms with van der Waals surface area (Å²) in [6.45, 7) is 6.66. The molecule has 0 aromatic rings. The predicted molar refractivity (Wildman–Crippen MR) is 358 cm³/mol. The molecule has 0 bridgehead atoms. The molecule has 0 amide bonds. The Bertz CT molecular complexity index is 1370. The molecule has 0 N–H and O–H groups in total. The van der Waals surface area contributed by atoms with E-state index >= 15 is 0 Å². The van der Waals surface area contributed by atoms with Gasteiger partial charge in [0.1, 0.15) is 13.2 Å². The number of ether oxygens (including phenoxy) is 3. The van der Waals surface area contributed by atoms with Crippen molar-refractivity contribution in [3.05, 3.63) is 36.5 Å². The Hall–Kier alpha value is -2.37. The van der Waals surface area contributed by atoms with Gasteiger partial charge in [0, 0.05) is 19.3 Å². The van der Waals surface area contributed by atoms with E-state index in [9.17, 15) is 14.4 Å². The van der Waals surface area contributed by atoms with Crippen LogP contribution in [0.15, 0.2) is 36.5 Å². The van der Waals surface area contributed by atoms with Crippen molar-refractivity contribution in [2.75, 3.05) is 13.2 Å². The van der Waals surface area contributed by atoms with E-state index in [1.807, 2.05) is 0 Å². The number of hydrogen-bond acceptors (Lipinski definition) is 6. The van der Waals surface area contributed by atoms with Crippen molar-refractivity contribution in [2.45, 2.75) is 419 Å². The van der Waals surface area contributed by atoms with Gasteiger partial charge in [-0.25, -0.2) is 0 Å². The molecule has 0 aromatic heterocycles. The second-order valence-corrected chi connectivity index (χ2v) is 25.2. The van der Waals surface area contributed by atoms with Gasteiger partial charge in [-0.2, -0.15) is 0 Å². The number of carbonyl (C=O) groups excluding carboxylic acids is 3. The van der Waals surface area contributed by atoms with Crippen molar-refractivity contribution in [1.82, 2.24) is 0 Å². The molecule has 1 unspecified atom stereocenters. The van der Waals surface area contributed by atoms with Gasteiger partial charge in [0.05, 0.1) is 0 Å². The van der Waals surface area contributed by atoms with E-state index < -0.39 is 6.10 Å². The van der Waals surface area contributed by atoms with Crippen molar-refractivity contribution >= 4 is 17.9 Å². The first-order chi connectivity index (χ1) is 40.5. The Morgan fingerprint density at radius 1 is 0.244 bits per heavy atom. The number of unbranched alkanes of at least 4 members (excludes halogenated alkanes) is 52. The van der Waals surface area contributed by atoms with Gasteiger partial charge in [-0.1, -0.05) is 359 Å². The molecule has 0 aliphatic rings. The van der Waals surface area contributed by atoms with E-state index in [2.05, 4.69) is 57.2 Å². The molecule has 82 heavy (non-hydrogen) atoms. The lowest BCUT2D eigenvalue weighted by Crippen LogP contribution is -2.30. The van der Waals surface area contributed by atoms with Crippen LogP contribution < -0.4 is 0 Å². The van der Waals surface area contributed by atoms with Gasteiger partial charge in [-0.05, 0) is 70.6 Å². The van der Waals surface area contributed by atoms with Crippen LogP contribution in [0.5, 0.6) is 0 Å². The number of esters is 3. The summed E-state index contributed by atoms with van der Waals surface area (Å²) in [6, 6.07) is 0. The predicted octanol–water partition coefficient (Wildman–Crippen LogP) is 25.5. The van der Waals surface area contributed by atoms with Gasteiger partial charge < -0.3 is 14.2 Å². The van der Waals surface area contributed by atoms with Crippen molar-refractivity contribution in [1.29, 1.82) is 0 Å². The number of carbonyl (C=O) groups is 3. The third kappa shape index (κ3) is 68.4. The van der Waals surface area contributed by atoms with E-state index in [0.717, 1.165) is 70.6 Å². The molecule has 0 saturated carbocycles. The Kier molecular flexibility index (Phi) is 69.1. The highest BCUT2D eigenvalue weighted by molar-refractivity contribution is 5.71. The van der Waals surface area contributed by atoms with Crippen LogP contribution in [0.2, 0.25) is 0 Å². The van der Waals surface area contributed by atoms with E-state index in [-0.39, 0.29) is 31.1 Å². The Morgan fingerprint density at radius 3 is 0.720 bits per heavy atom. The van der Waals surface area contributed by atoms with Crippen LogP contribution in [-0.4, -0.2) is 37.2 Å². The third-order valence-electron chi connectivity index (χ3n) is 16.9. The first-order valence-corrected chi connectivity index (χ1v) is 37.0. The van der Waals surface area contributed by atoms with Crippen molar-refractivity contribution in [3.8, 4) is 0 Å². The Labute approximate surface area is 512 Å². The van der Waals surface area contributed by atoms with Gasteiger partial charge in [0.15, 0.2) is 6.10 Å². The second-order valence-electron chi connectivity index (χ2n) is 25.2. The van der Waals surface area contributed by atoms with Crippen LogP contribution in [0.4, 0.5) is 0 Å². The summed E-state index contributed by atoms with van der Waals surface area (Å²) in [5, 5.41) is 0. The van der Waals surface area contributed by atoms with Gasteiger partial charge >= 0.3 is 17.9 Å². The molecule has 0 rings (SSSR count). The monoisotopic (exact) mass is 1150 g/mol. The van der Waals surface area contributed by atoms with E-state index in [4.69, 9.17) is 14.2 Å². The largest absolute Gasteiger partial charge is 0.462 e. The SMILES string of the molecule is CCCC/C=C\CCCCCCCC(=O)OCC(COC(=O)CCCCCCCCCCCCCCCCCCCCCCCCC/C=C\C/C=C\CCCCCCC)OC(=O)CCCCCCCCCCCCCCCCCCCC.